The molecule has 3 aliphatic rings. The molecule has 198 valence electrons. The van der Waals surface area contributed by atoms with Gasteiger partial charge in [-0.15, -0.1) is 0 Å². The summed E-state index contributed by atoms with van der Waals surface area (Å²) in [6.45, 7) is 5.92. The molecule has 2 fully saturated rings. The lowest BCUT2D eigenvalue weighted by Crippen LogP contribution is -2.51. The number of anilines is 2. The molecule has 4 N–H and O–H groups in total. The second-order valence-corrected chi connectivity index (χ2v) is 10.4. The van der Waals surface area contributed by atoms with Gasteiger partial charge in [-0.1, -0.05) is 24.3 Å². The van der Waals surface area contributed by atoms with E-state index >= 15 is 0 Å². The van der Waals surface area contributed by atoms with Crippen LogP contribution in [0, 0.1) is 0 Å². The number of ketones is 1. The van der Waals surface area contributed by atoms with Crippen LogP contribution in [0.2, 0.25) is 0 Å². The van der Waals surface area contributed by atoms with E-state index in [0.29, 0.717) is 28.2 Å². The van der Waals surface area contributed by atoms with Crippen molar-refractivity contribution < 1.29 is 9.59 Å². The van der Waals surface area contributed by atoms with Gasteiger partial charge in [0.1, 0.15) is 5.69 Å². The standard InChI is InChI=1S/C28H34N8O2/c1-34-14-10-19(11-15-34)35(2)33-28(38)30-22-5-3-4-21-23(22)27(37)24-25(31-32-26(21)24)18-6-8-20(9-7-18)36-16-12-29-13-17-36/h3-9,19,29H,10-17H2,1-2H3,(H,31,32)(H2,30,33,38). The van der Waals surface area contributed by atoms with Crippen molar-refractivity contribution in [2.45, 2.75) is 18.9 Å². The van der Waals surface area contributed by atoms with Crippen LogP contribution in [0.25, 0.3) is 22.5 Å². The summed E-state index contributed by atoms with van der Waals surface area (Å²) in [6, 6.07) is 13.7. The zero-order valence-corrected chi connectivity index (χ0v) is 21.9. The molecule has 38 heavy (non-hydrogen) atoms. The summed E-state index contributed by atoms with van der Waals surface area (Å²) < 4.78 is 0. The summed E-state index contributed by atoms with van der Waals surface area (Å²) in [6.07, 6.45) is 1.99. The predicted molar refractivity (Wildman–Crippen MR) is 148 cm³/mol. The van der Waals surface area contributed by atoms with Gasteiger partial charge in [0.2, 0.25) is 0 Å². The van der Waals surface area contributed by atoms with E-state index in [1.54, 1.807) is 6.07 Å². The van der Waals surface area contributed by atoms with Crippen LogP contribution in [-0.4, -0.2) is 91.3 Å². The molecule has 0 atom stereocenters. The van der Waals surface area contributed by atoms with Gasteiger partial charge in [0.15, 0.2) is 5.78 Å². The Morgan fingerprint density at radius 3 is 2.50 bits per heavy atom. The molecule has 10 heteroatoms. The molecular weight excluding hydrogens is 480 g/mol. The SMILES string of the molecule is CN1CCC(N(C)NC(=O)Nc2cccc3c2C(=O)c2c-3n[nH]c2-c2ccc(N3CCNCC3)cc2)CC1. The fourth-order valence-corrected chi connectivity index (χ4v) is 5.74. The van der Waals surface area contributed by atoms with Crippen LogP contribution in [0.15, 0.2) is 42.5 Å². The number of nitrogens with one attached hydrogen (secondary N) is 4. The van der Waals surface area contributed by atoms with Crippen LogP contribution < -0.4 is 21.0 Å². The Bertz CT molecular complexity index is 1340. The van der Waals surface area contributed by atoms with Crippen LogP contribution in [0.4, 0.5) is 16.2 Å². The third kappa shape index (κ3) is 4.55. The highest BCUT2D eigenvalue weighted by molar-refractivity contribution is 6.26. The molecule has 3 aromatic rings. The van der Waals surface area contributed by atoms with E-state index in [4.69, 9.17) is 0 Å². The summed E-state index contributed by atoms with van der Waals surface area (Å²) in [5.74, 6) is -0.135. The maximum Gasteiger partial charge on any atom is 0.333 e. The summed E-state index contributed by atoms with van der Waals surface area (Å²) in [7, 11) is 4.01. The summed E-state index contributed by atoms with van der Waals surface area (Å²) in [5, 5.41) is 15.8. The lowest BCUT2D eigenvalue weighted by Gasteiger charge is -2.34. The molecule has 1 aliphatic carbocycles. The molecular formula is C28H34N8O2. The maximum absolute atomic E-state index is 13.7. The molecule has 10 nitrogen and oxygen atoms in total. The normalized spacial score (nSPS) is 18.0. The quantitative estimate of drug-likeness (QED) is 0.303. The van der Waals surface area contributed by atoms with Gasteiger partial charge in [0, 0.05) is 56.1 Å². The number of amides is 2. The Kier molecular flexibility index (Phi) is 6.61. The van der Waals surface area contributed by atoms with Crippen LogP contribution in [-0.2, 0) is 0 Å². The third-order valence-electron chi connectivity index (χ3n) is 7.94. The smallest absolute Gasteiger partial charge is 0.333 e. The maximum atomic E-state index is 13.7. The van der Waals surface area contributed by atoms with Crippen molar-refractivity contribution in [2.24, 2.45) is 0 Å². The highest BCUT2D eigenvalue weighted by Gasteiger charge is 2.35. The monoisotopic (exact) mass is 514 g/mol. The number of H-pyrrole nitrogens is 1. The van der Waals surface area contributed by atoms with Gasteiger partial charge in [0.25, 0.3) is 0 Å². The minimum atomic E-state index is -0.359. The number of rotatable bonds is 5. The number of fused-ring (bicyclic) bond motifs is 3. The highest BCUT2D eigenvalue weighted by atomic mass is 16.2. The van der Waals surface area contributed by atoms with Crippen LogP contribution >= 0.6 is 0 Å². The van der Waals surface area contributed by atoms with Gasteiger partial charge in [0.05, 0.1) is 22.5 Å². The van der Waals surface area contributed by atoms with E-state index in [2.05, 4.69) is 55.2 Å². The number of piperidine rings is 1. The Labute approximate surface area is 222 Å². The topological polar surface area (TPSA) is 109 Å². The number of aromatic nitrogens is 2. The average Bonchev–Trinajstić information content (AvgIpc) is 3.50. The van der Waals surface area contributed by atoms with Crippen molar-refractivity contribution in [1.82, 2.24) is 30.8 Å². The van der Waals surface area contributed by atoms with Crippen molar-refractivity contribution in [2.75, 3.05) is 63.6 Å². The Hall–Kier alpha value is -3.73. The first kappa shape index (κ1) is 24.6. The largest absolute Gasteiger partial charge is 0.369 e. The fourth-order valence-electron chi connectivity index (χ4n) is 5.74. The van der Waals surface area contributed by atoms with Gasteiger partial charge in [-0.3, -0.25) is 15.3 Å². The average molecular weight is 515 g/mol. The molecule has 3 heterocycles. The second kappa shape index (κ2) is 10.2. The number of aromatic amines is 1. The minimum Gasteiger partial charge on any atom is -0.369 e. The highest BCUT2D eigenvalue weighted by Crippen LogP contribution is 2.43. The second-order valence-electron chi connectivity index (χ2n) is 10.4. The van der Waals surface area contributed by atoms with E-state index in [-0.39, 0.29) is 17.9 Å². The molecule has 6 rings (SSSR count). The van der Waals surface area contributed by atoms with Gasteiger partial charge in [-0.05, 0) is 51.2 Å². The molecule has 0 radical (unpaired) electrons. The van der Waals surface area contributed by atoms with Crippen molar-refractivity contribution >= 4 is 23.2 Å². The molecule has 0 bridgehead atoms. The molecule has 1 aromatic heterocycles. The summed E-state index contributed by atoms with van der Waals surface area (Å²) >= 11 is 0. The number of likely N-dealkylation sites (tertiary alicyclic amines) is 1. The number of hydrogen-bond donors (Lipinski definition) is 4. The van der Waals surface area contributed by atoms with Crippen LogP contribution in [0.1, 0.15) is 28.8 Å². The van der Waals surface area contributed by atoms with Crippen LogP contribution in [0.3, 0.4) is 0 Å². The first-order valence-electron chi connectivity index (χ1n) is 13.3. The lowest BCUT2D eigenvalue weighted by atomic mass is 10.0. The van der Waals surface area contributed by atoms with Crippen molar-refractivity contribution in [3.63, 3.8) is 0 Å². The van der Waals surface area contributed by atoms with Crippen molar-refractivity contribution in [3.8, 4) is 22.5 Å². The molecule has 0 spiro atoms. The number of piperazine rings is 1. The molecule has 0 unspecified atom stereocenters. The molecule has 2 amide bonds. The number of hydrogen-bond acceptors (Lipinski definition) is 7. The Balaban J connectivity index is 1.19. The Morgan fingerprint density at radius 2 is 1.76 bits per heavy atom. The van der Waals surface area contributed by atoms with E-state index in [9.17, 15) is 9.59 Å². The molecule has 0 saturated carbocycles. The van der Waals surface area contributed by atoms with E-state index in [1.807, 2.05) is 36.3 Å². The van der Waals surface area contributed by atoms with Gasteiger partial charge in [-0.2, -0.15) is 5.10 Å². The van der Waals surface area contributed by atoms with E-state index in [0.717, 1.165) is 63.2 Å². The lowest BCUT2D eigenvalue weighted by molar-refractivity contribution is 0.104. The number of hydrazine groups is 1. The predicted octanol–water partition coefficient (Wildman–Crippen LogP) is 2.76. The summed E-state index contributed by atoms with van der Waals surface area (Å²) in [5.41, 5.74) is 8.57. The van der Waals surface area contributed by atoms with Gasteiger partial charge in [-0.25, -0.2) is 9.80 Å². The zero-order chi connectivity index (χ0) is 26.2. The number of urea groups is 1. The fraction of sp³-hybridized carbons (Fsp3) is 0.393. The number of nitrogens with zero attached hydrogens (tertiary/aromatic N) is 4. The third-order valence-corrected chi connectivity index (χ3v) is 7.94. The molecule has 2 aromatic carbocycles. The first-order valence-corrected chi connectivity index (χ1v) is 13.3. The number of benzene rings is 2. The molecule has 2 aliphatic heterocycles. The zero-order valence-electron chi connectivity index (χ0n) is 21.9. The first-order chi connectivity index (χ1) is 18.5. The van der Waals surface area contributed by atoms with Crippen LogP contribution in [0.5, 0.6) is 0 Å². The van der Waals surface area contributed by atoms with Crippen molar-refractivity contribution in [1.29, 1.82) is 0 Å². The molecule has 2 saturated heterocycles. The number of carbonyl (C=O) groups is 2. The van der Waals surface area contributed by atoms with Crippen molar-refractivity contribution in [3.05, 3.63) is 53.6 Å². The Morgan fingerprint density at radius 1 is 1.03 bits per heavy atom. The summed E-state index contributed by atoms with van der Waals surface area (Å²) in [4.78, 5) is 31.2. The van der Waals surface area contributed by atoms with E-state index < -0.39 is 0 Å². The van der Waals surface area contributed by atoms with Gasteiger partial charge >= 0.3 is 6.03 Å². The van der Waals surface area contributed by atoms with Gasteiger partial charge < -0.3 is 20.4 Å². The van der Waals surface area contributed by atoms with E-state index in [1.165, 1.54) is 5.69 Å². The minimum absolute atomic E-state index is 0.135. The number of carbonyl (C=O) groups excluding carboxylic acids is 2.